The lowest BCUT2D eigenvalue weighted by Gasteiger charge is -2.22. The SMILES string of the molecule is CC(Cc1nc2nc(N)ccc2[nH]1)CC(C)(C)C. The average Bonchev–Trinajstić information content (AvgIpc) is 2.55. The Morgan fingerprint density at radius 2 is 2.00 bits per heavy atom. The van der Waals surface area contributed by atoms with Gasteiger partial charge in [-0.05, 0) is 29.9 Å². The van der Waals surface area contributed by atoms with Gasteiger partial charge in [0.25, 0.3) is 0 Å². The second-order valence-electron chi connectivity index (χ2n) is 6.36. The highest BCUT2D eigenvalue weighted by molar-refractivity contribution is 5.72. The maximum absolute atomic E-state index is 5.65. The lowest BCUT2D eigenvalue weighted by Crippen LogP contribution is -2.13. The highest BCUT2D eigenvalue weighted by Gasteiger charge is 2.17. The summed E-state index contributed by atoms with van der Waals surface area (Å²) in [5.74, 6) is 2.12. The number of anilines is 1. The zero-order valence-corrected chi connectivity index (χ0v) is 11.6. The van der Waals surface area contributed by atoms with Crippen molar-refractivity contribution < 1.29 is 0 Å². The molecule has 3 N–H and O–H groups in total. The number of aromatic amines is 1. The minimum atomic E-state index is 0.355. The molecular weight excluding hydrogens is 224 g/mol. The molecule has 2 aromatic heterocycles. The second kappa shape index (κ2) is 4.59. The quantitative estimate of drug-likeness (QED) is 0.874. The molecule has 0 fully saturated rings. The van der Waals surface area contributed by atoms with Gasteiger partial charge in [-0.2, -0.15) is 0 Å². The van der Waals surface area contributed by atoms with E-state index in [0.717, 1.165) is 17.8 Å². The van der Waals surface area contributed by atoms with Gasteiger partial charge < -0.3 is 10.7 Å². The van der Waals surface area contributed by atoms with E-state index in [4.69, 9.17) is 5.73 Å². The van der Waals surface area contributed by atoms with Crippen molar-refractivity contribution >= 4 is 17.0 Å². The van der Waals surface area contributed by atoms with Crippen molar-refractivity contribution in [2.45, 2.75) is 40.5 Å². The fourth-order valence-electron chi connectivity index (χ4n) is 2.50. The Balaban J connectivity index is 2.12. The van der Waals surface area contributed by atoms with Crippen LogP contribution in [-0.4, -0.2) is 15.0 Å². The number of nitrogens with two attached hydrogens (primary N) is 1. The van der Waals surface area contributed by atoms with Gasteiger partial charge in [-0.15, -0.1) is 0 Å². The van der Waals surface area contributed by atoms with Crippen LogP contribution in [0.3, 0.4) is 0 Å². The molecule has 98 valence electrons. The maximum Gasteiger partial charge on any atom is 0.179 e. The molecule has 0 aliphatic carbocycles. The molecule has 0 aliphatic heterocycles. The first kappa shape index (κ1) is 12.9. The van der Waals surface area contributed by atoms with Crippen LogP contribution < -0.4 is 5.73 Å². The smallest absolute Gasteiger partial charge is 0.179 e. The molecule has 0 saturated heterocycles. The molecule has 1 unspecified atom stereocenters. The third-order valence-electron chi connectivity index (χ3n) is 2.92. The van der Waals surface area contributed by atoms with E-state index >= 15 is 0 Å². The van der Waals surface area contributed by atoms with E-state index in [-0.39, 0.29) is 0 Å². The molecule has 4 heteroatoms. The zero-order valence-electron chi connectivity index (χ0n) is 11.6. The Labute approximate surface area is 108 Å². The molecule has 2 heterocycles. The van der Waals surface area contributed by atoms with Crippen LogP contribution in [0.4, 0.5) is 5.82 Å². The summed E-state index contributed by atoms with van der Waals surface area (Å²) in [4.78, 5) is 12.0. The molecule has 4 nitrogen and oxygen atoms in total. The third-order valence-corrected chi connectivity index (χ3v) is 2.92. The maximum atomic E-state index is 5.65. The van der Waals surface area contributed by atoms with Gasteiger partial charge in [-0.1, -0.05) is 27.7 Å². The molecule has 0 aromatic carbocycles. The van der Waals surface area contributed by atoms with E-state index in [9.17, 15) is 0 Å². The first-order valence-electron chi connectivity index (χ1n) is 6.44. The van der Waals surface area contributed by atoms with E-state index in [1.165, 1.54) is 6.42 Å². The number of nitrogens with zero attached hydrogens (tertiary/aromatic N) is 2. The van der Waals surface area contributed by atoms with E-state index < -0.39 is 0 Å². The fourth-order valence-corrected chi connectivity index (χ4v) is 2.50. The van der Waals surface area contributed by atoms with Crippen LogP contribution in [0.25, 0.3) is 11.2 Å². The minimum Gasteiger partial charge on any atom is -0.384 e. The van der Waals surface area contributed by atoms with Gasteiger partial charge in [0, 0.05) is 6.42 Å². The van der Waals surface area contributed by atoms with Crippen molar-refractivity contribution in [2.24, 2.45) is 11.3 Å². The van der Waals surface area contributed by atoms with Crippen LogP contribution in [-0.2, 0) is 6.42 Å². The number of nitrogens with one attached hydrogen (secondary N) is 1. The second-order valence-corrected chi connectivity index (χ2v) is 6.36. The third kappa shape index (κ3) is 3.22. The fraction of sp³-hybridized carbons (Fsp3) is 0.571. The summed E-state index contributed by atoms with van der Waals surface area (Å²) in [5.41, 5.74) is 7.68. The van der Waals surface area contributed by atoms with E-state index in [2.05, 4.69) is 42.6 Å². The molecule has 2 aromatic rings. The van der Waals surface area contributed by atoms with Gasteiger partial charge in [-0.3, -0.25) is 0 Å². The van der Waals surface area contributed by atoms with E-state index in [0.29, 0.717) is 22.8 Å². The van der Waals surface area contributed by atoms with E-state index in [1.807, 2.05) is 6.07 Å². The Morgan fingerprint density at radius 1 is 1.28 bits per heavy atom. The van der Waals surface area contributed by atoms with Crippen LogP contribution in [0.5, 0.6) is 0 Å². The van der Waals surface area contributed by atoms with Crippen molar-refractivity contribution in [1.29, 1.82) is 0 Å². The van der Waals surface area contributed by atoms with E-state index in [1.54, 1.807) is 6.07 Å². The molecular formula is C14H22N4. The molecule has 2 rings (SSSR count). The monoisotopic (exact) mass is 246 g/mol. The van der Waals surface area contributed by atoms with Crippen LogP contribution in [0, 0.1) is 11.3 Å². The Kier molecular flexibility index (Phi) is 3.28. The molecule has 18 heavy (non-hydrogen) atoms. The number of hydrogen-bond donors (Lipinski definition) is 2. The number of fused-ring (bicyclic) bond motifs is 1. The summed E-state index contributed by atoms with van der Waals surface area (Å²) < 4.78 is 0. The number of H-pyrrole nitrogens is 1. The minimum absolute atomic E-state index is 0.355. The molecule has 0 bridgehead atoms. The van der Waals surface area contributed by atoms with Gasteiger partial charge in [0.2, 0.25) is 0 Å². The summed E-state index contributed by atoms with van der Waals surface area (Å²) in [7, 11) is 0. The number of nitrogen functional groups attached to an aromatic ring is 1. The average molecular weight is 246 g/mol. The van der Waals surface area contributed by atoms with Gasteiger partial charge >= 0.3 is 0 Å². The van der Waals surface area contributed by atoms with Crippen molar-refractivity contribution in [3.63, 3.8) is 0 Å². The van der Waals surface area contributed by atoms with Crippen molar-refractivity contribution in [3.8, 4) is 0 Å². The van der Waals surface area contributed by atoms with Gasteiger partial charge in [0.1, 0.15) is 11.6 Å². The largest absolute Gasteiger partial charge is 0.384 e. The molecule has 0 saturated carbocycles. The first-order chi connectivity index (χ1) is 8.33. The molecule has 0 aliphatic rings. The first-order valence-corrected chi connectivity index (χ1v) is 6.44. The number of hydrogen-bond acceptors (Lipinski definition) is 3. The summed E-state index contributed by atoms with van der Waals surface area (Å²) >= 11 is 0. The topological polar surface area (TPSA) is 67.6 Å². The normalized spacial score (nSPS) is 14.0. The number of aromatic nitrogens is 3. The predicted octanol–water partition coefficient (Wildman–Crippen LogP) is 3.15. The highest BCUT2D eigenvalue weighted by atomic mass is 15.0. The zero-order chi connectivity index (χ0) is 13.3. The van der Waals surface area contributed by atoms with Crippen molar-refractivity contribution in [3.05, 3.63) is 18.0 Å². The number of imidazole rings is 1. The van der Waals surface area contributed by atoms with Crippen LogP contribution >= 0.6 is 0 Å². The number of pyridine rings is 1. The Morgan fingerprint density at radius 3 is 2.67 bits per heavy atom. The Bertz CT molecular complexity index is 536. The van der Waals surface area contributed by atoms with Crippen LogP contribution in [0.1, 0.15) is 39.9 Å². The predicted molar refractivity (Wildman–Crippen MR) is 75.2 cm³/mol. The molecule has 0 amide bonds. The molecule has 0 spiro atoms. The lowest BCUT2D eigenvalue weighted by atomic mass is 9.84. The molecule has 1 atom stereocenters. The highest BCUT2D eigenvalue weighted by Crippen LogP contribution is 2.26. The van der Waals surface area contributed by atoms with Crippen molar-refractivity contribution in [2.75, 3.05) is 5.73 Å². The van der Waals surface area contributed by atoms with Crippen molar-refractivity contribution in [1.82, 2.24) is 15.0 Å². The van der Waals surface area contributed by atoms with Gasteiger partial charge in [0.15, 0.2) is 5.65 Å². The lowest BCUT2D eigenvalue weighted by molar-refractivity contribution is 0.304. The molecule has 0 radical (unpaired) electrons. The summed E-state index contributed by atoms with van der Waals surface area (Å²) in [6, 6.07) is 3.73. The summed E-state index contributed by atoms with van der Waals surface area (Å²) in [5, 5.41) is 0. The van der Waals surface area contributed by atoms with Crippen LogP contribution in [0.15, 0.2) is 12.1 Å². The van der Waals surface area contributed by atoms with Gasteiger partial charge in [0.05, 0.1) is 5.52 Å². The Hall–Kier alpha value is -1.58. The number of rotatable bonds is 3. The van der Waals surface area contributed by atoms with Crippen LogP contribution in [0.2, 0.25) is 0 Å². The van der Waals surface area contributed by atoms with Gasteiger partial charge in [-0.25, -0.2) is 9.97 Å². The summed E-state index contributed by atoms with van der Waals surface area (Å²) in [6.07, 6.45) is 2.13. The standard InChI is InChI=1S/C14H22N4/c1-9(8-14(2,3)4)7-12-16-10-5-6-11(15)17-13(10)18-12/h5-6,9H,7-8H2,1-4H3,(H3,15,16,17,18). The summed E-state index contributed by atoms with van der Waals surface area (Å²) in [6.45, 7) is 9.07.